The number of ether oxygens (including phenoxy) is 1. The van der Waals surface area contributed by atoms with Gasteiger partial charge < -0.3 is 4.74 Å². The van der Waals surface area contributed by atoms with Crippen molar-refractivity contribution in [2.75, 3.05) is 7.11 Å². The predicted molar refractivity (Wildman–Crippen MR) is 90.7 cm³/mol. The average molecular weight is 370 g/mol. The molecule has 2 aromatic rings. The summed E-state index contributed by atoms with van der Waals surface area (Å²) in [6, 6.07) is 11.9. The molecule has 3 nitrogen and oxygen atoms in total. The standard InChI is InChI=1S/C16H18BrClN2O/c1-10-3-4-16(21-2)12(5-10)8-15(20-19)11-6-13(17)9-14(18)7-11/h3-7,9,15,20H,8,19H2,1-2H3. The van der Waals surface area contributed by atoms with E-state index in [1.807, 2.05) is 30.3 Å². The van der Waals surface area contributed by atoms with Crippen LogP contribution in [0.25, 0.3) is 0 Å². The summed E-state index contributed by atoms with van der Waals surface area (Å²) >= 11 is 9.57. The molecule has 0 aliphatic heterocycles. The van der Waals surface area contributed by atoms with Gasteiger partial charge in [0.25, 0.3) is 0 Å². The minimum Gasteiger partial charge on any atom is -0.496 e. The number of hydrazine groups is 1. The molecule has 0 bridgehead atoms. The first kappa shape index (κ1) is 16.3. The number of benzene rings is 2. The summed E-state index contributed by atoms with van der Waals surface area (Å²) in [7, 11) is 1.68. The normalized spacial score (nSPS) is 12.2. The molecule has 0 aliphatic carbocycles. The lowest BCUT2D eigenvalue weighted by atomic mass is 9.97. The van der Waals surface area contributed by atoms with Crippen LogP contribution >= 0.6 is 27.5 Å². The number of hydrogen-bond donors (Lipinski definition) is 2. The van der Waals surface area contributed by atoms with Crippen LogP contribution < -0.4 is 16.0 Å². The van der Waals surface area contributed by atoms with E-state index in [4.69, 9.17) is 22.2 Å². The summed E-state index contributed by atoms with van der Waals surface area (Å²) in [5.41, 5.74) is 6.18. The lowest BCUT2D eigenvalue weighted by Gasteiger charge is -2.19. The van der Waals surface area contributed by atoms with Gasteiger partial charge in [0.15, 0.2) is 0 Å². The quantitative estimate of drug-likeness (QED) is 0.614. The topological polar surface area (TPSA) is 47.3 Å². The van der Waals surface area contributed by atoms with Crippen LogP contribution in [0.3, 0.4) is 0 Å². The predicted octanol–water partition coefficient (Wildman–Crippen LogP) is 4.17. The summed E-state index contributed by atoms with van der Waals surface area (Å²) in [5, 5.41) is 0.677. The third-order valence-electron chi connectivity index (χ3n) is 3.35. The van der Waals surface area contributed by atoms with Crippen molar-refractivity contribution in [3.05, 3.63) is 62.6 Å². The van der Waals surface area contributed by atoms with E-state index in [-0.39, 0.29) is 6.04 Å². The molecule has 1 unspecified atom stereocenters. The Kier molecular flexibility index (Phi) is 5.65. The molecular weight excluding hydrogens is 352 g/mol. The first-order valence-corrected chi connectivity index (χ1v) is 7.76. The van der Waals surface area contributed by atoms with Gasteiger partial charge in [-0.05, 0) is 48.7 Å². The fraction of sp³-hybridized carbons (Fsp3) is 0.250. The van der Waals surface area contributed by atoms with Gasteiger partial charge in [0, 0.05) is 9.50 Å². The van der Waals surface area contributed by atoms with Crippen LogP contribution in [0.2, 0.25) is 5.02 Å². The Balaban J connectivity index is 2.32. The van der Waals surface area contributed by atoms with Crippen LogP contribution in [0.4, 0.5) is 0 Å². The Bertz CT molecular complexity index is 613. The number of nitrogens with one attached hydrogen (secondary N) is 1. The van der Waals surface area contributed by atoms with Crippen LogP contribution in [0, 0.1) is 6.92 Å². The van der Waals surface area contributed by atoms with Gasteiger partial charge in [-0.1, -0.05) is 45.2 Å². The van der Waals surface area contributed by atoms with Crippen LogP contribution in [0.1, 0.15) is 22.7 Å². The molecule has 5 heteroatoms. The molecule has 0 saturated heterocycles. The van der Waals surface area contributed by atoms with Gasteiger partial charge in [-0.3, -0.25) is 11.3 Å². The van der Waals surface area contributed by atoms with Crippen molar-refractivity contribution in [2.45, 2.75) is 19.4 Å². The Morgan fingerprint density at radius 3 is 2.67 bits per heavy atom. The monoisotopic (exact) mass is 368 g/mol. The lowest BCUT2D eigenvalue weighted by Crippen LogP contribution is -2.29. The van der Waals surface area contributed by atoms with Crippen molar-refractivity contribution in [3.63, 3.8) is 0 Å². The smallest absolute Gasteiger partial charge is 0.122 e. The van der Waals surface area contributed by atoms with Crippen LogP contribution in [-0.2, 0) is 6.42 Å². The molecule has 112 valence electrons. The average Bonchev–Trinajstić information content (AvgIpc) is 2.43. The first-order valence-electron chi connectivity index (χ1n) is 6.59. The summed E-state index contributed by atoms with van der Waals surface area (Å²) in [4.78, 5) is 0. The maximum absolute atomic E-state index is 6.11. The van der Waals surface area contributed by atoms with E-state index in [0.717, 1.165) is 21.3 Å². The highest BCUT2D eigenvalue weighted by Gasteiger charge is 2.15. The van der Waals surface area contributed by atoms with Crippen molar-refractivity contribution in [3.8, 4) is 5.75 Å². The number of hydrogen-bond acceptors (Lipinski definition) is 3. The Morgan fingerprint density at radius 1 is 1.29 bits per heavy atom. The summed E-state index contributed by atoms with van der Waals surface area (Å²) in [6.45, 7) is 2.06. The molecule has 2 aromatic carbocycles. The Hall–Kier alpha value is -1.07. The number of aryl methyl sites for hydroxylation is 1. The number of halogens is 2. The molecule has 1 atom stereocenters. The van der Waals surface area contributed by atoms with Crippen molar-refractivity contribution >= 4 is 27.5 Å². The zero-order chi connectivity index (χ0) is 15.4. The molecule has 0 aliphatic rings. The second-order valence-corrected chi connectivity index (χ2v) is 6.29. The summed E-state index contributed by atoms with van der Waals surface area (Å²) in [6.07, 6.45) is 0.716. The first-order chi connectivity index (χ1) is 10.0. The van der Waals surface area contributed by atoms with Gasteiger partial charge in [-0.25, -0.2) is 0 Å². The van der Waals surface area contributed by atoms with E-state index in [1.165, 1.54) is 5.56 Å². The Morgan fingerprint density at radius 2 is 2.05 bits per heavy atom. The van der Waals surface area contributed by atoms with Crippen LogP contribution in [0.5, 0.6) is 5.75 Å². The molecule has 0 heterocycles. The molecular formula is C16H18BrClN2O. The molecule has 0 saturated carbocycles. The SMILES string of the molecule is COc1ccc(C)cc1CC(NN)c1cc(Cl)cc(Br)c1. The highest BCUT2D eigenvalue weighted by Crippen LogP contribution is 2.29. The molecule has 0 aromatic heterocycles. The number of methoxy groups -OCH3 is 1. The number of nitrogens with two attached hydrogens (primary N) is 1. The molecule has 2 rings (SSSR count). The van der Waals surface area contributed by atoms with Crippen molar-refractivity contribution in [1.29, 1.82) is 0 Å². The zero-order valence-electron chi connectivity index (χ0n) is 12.0. The summed E-state index contributed by atoms with van der Waals surface area (Å²) < 4.78 is 6.36. The fourth-order valence-corrected chi connectivity index (χ4v) is 3.22. The van der Waals surface area contributed by atoms with Gasteiger partial charge in [0.05, 0.1) is 13.2 Å². The maximum Gasteiger partial charge on any atom is 0.122 e. The van der Waals surface area contributed by atoms with Crippen molar-refractivity contribution in [1.82, 2.24) is 5.43 Å². The van der Waals surface area contributed by atoms with E-state index >= 15 is 0 Å². The zero-order valence-corrected chi connectivity index (χ0v) is 14.3. The fourth-order valence-electron chi connectivity index (χ4n) is 2.34. The maximum atomic E-state index is 6.11. The molecule has 3 N–H and O–H groups in total. The van der Waals surface area contributed by atoms with E-state index in [0.29, 0.717) is 11.4 Å². The minimum absolute atomic E-state index is 0.0456. The highest BCUT2D eigenvalue weighted by atomic mass is 79.9. The van der Waals surface area contributed by atoms with Crippen molar-refractivity contribution < 1.29 is 4.74 Å². The largest absolute Gasteiger partial charge is 0.496 e. The second-order valence-electron chi connectivity index (χ2n) is 4.94. The van der Waals surface area contributed by atoms with E-state index in [1.54, 1.807) is 7.11 Å². The minimum atomic E-state index is -0.0456. The number of rotatable bonds is 5. The second kappa shape index (κ2) is 7.27. The molecule has 21 heavy (non-hydrogen) atoms. The van der Waals surface area contributed by atoms with Crippen LogP contribution in [-0.4, -0.2) is 7.11 Å². The summed E-state index contributed by atoms with van der Waals surface area (Å²) in [5.74, 6) is 6.60. The van der Waals surface area contributed by atoms with E-state index < -0.39 is 0 Å². The van der Waals surface area contributed by atoms with Crippen LogP contribution in [0.15, 0.2) is 40.9 Å². The third-order valence-corrected chi connectivity index (χ3v) is 4.02. The molecule has 0 amide bonds. The highest BCUT2D eigenvalue weighted by molar-refractivity contribution is 9.10. The molecule has 0 spiro atoms. The van der Waals surface area contributed by atoms with Gasteiger partial charge in [-0.2, -0.15) is 0 Å². The van der Waals surface area contributed by atoms with E-state index in [2.05, 4.69) is 34.3 Å². The van der Waals surface area contributed by atoms with Gasteiger partial charge >= 0.3 is 0 Å². The molecule has 0 radical (unpaired) electrons. The van der Waals surface area contributed by atoms with Gasteiger partial charge in [-0.15, -0.1) is 0 Å². The lowest BCUT2D eigenvalue weighted by molar-refractivity contribution is 0.405. The van der Waals surface area contributed by atoms with E-state index in [9.17, 15) is 0 Å². The van der Waals surface area contributed by atoms with Gasteiger partial charge in [0.2, 0.25) is 0 Å². The third kappa shape index (κ3) is 4.20. The van der Waals surface area contributed by atoms with Crippen molar-refractivity contribution in [2.24, 2.45) is 5.84 Å². The molecule has 0 fully saturated rings. The van der Waals surface area contributed by atoms with Gasteiger partial charge in [0.1, 0.15) is 5.75 Å². The Labute approximate surface area is 138 Å².